The number of carbonyl (C=O) groups excluding carboxylic acids is 1. The third-order valence-corrected chi connectivity index (χ3v) is 5.07. The Morgan fingerprint density at radius 2 is 1.94 bits per heavy atom. The normalized spacial score (nSPS) is 10.9. The number of hydrogen-bond donors (Lipinski definition) is 1. The summed E-state index contributed by atoms with van der Waals surface area (Å²) in [6.45, 7) is 2.01. The van der Waals surface area contributed by atoms with Gasteiger partial charge < -0.3 is 14.3 Å². The number of aromatic nitrogens is 4. The van der Waals surface area contributed by atoms with Crippen molar-refractivity contribution in [1.29, 1.82) is 0 Å². The van der Waals surface area contributed by atoms with Crippen LogP contribution in [-0.4, -0.2) is 26.2 Å². The molecule has 2 aromatic carbocycles. The molecule has 0 saturated carbocycles. The van der Waals surface area contributed by atoms with Crippen LogP contribution < -0.4 is 5.32 Å². The monoisotopic (exact) mass is 439 g/mol. The quantitative estimate of drug-likeness (QED) is 0.402. The minimum Gasteiger partial charge on any atom is -0.411 e. The van der Waals surface area contributed by atoms with E-state index in [0.717, 1.165) is 11.1 Å². The number of rotatable bonds is 8. The predicted molar refractivity (Wildman–Crippen MR) is 112 cm³/mol. The molecule has 0 spiro atoms. The fraction of sp³-hybridized carbons (Fsp3) is 0.190. The molecule has 10 heteroatoms. The molecule has 0 aliphatic carbocycles. The second-order valence-corrected chi connectivity index (χ2v) is 7.59. The summed E-state index contributed by atoms with van der Waals surface area (Å²) < 4.78 is 24.4. The van der Waals surface area contributed by atoms with Crippen molar-refractivity contribution < 1.29 is 18.1 Å². The van der Waals surface area contributed by atoms with E-state index in [1.165, 1.54) is 23.9 Å². The molecule has 1 N–H and O–H groups in total. The molecule has 0 atom stereocenters. The lowest BCUT2D eigenvalue weighted by Crippen LogP contribution is -2.13. The second kappa shape index (κ2) is 9.52. The van der Waals surface area contributed by atoms with Gasteiger partial charge in [0.05, 0.1) is 11.4 Å². The van der Waals surface area contributed by atoms with Crippen LogP contribution in [0.5, 0.6) is 0 Å². The molecule has 2 aromatic heterocycles. The van der Waals surface area contributed by atoms with Gasteiger partial charge >= 0.3 is 0 Å². The van der Waals surface area contributed by atoms with Gasteiger partial charge in [0.15, 0.2) is 5.82 Å². The number of thioether (sulfide) groups is 1. The number of hydrogen-bond acceptors (Lipinski definition) is 8. The van der Waals surface area contributed by atoms with Crippen molar-refractivity contribution in [3.05, 3.63) is 71.6 Å². The Labute approximate surface area is 181 Å². The summed E-state index contributed by atoms with van der Waals surface area (Å²) in [5, 5.41) is 14.9. The molecular formula is C21H18FN5O3S. The van der Waals surface area contributed by atoms with Crippen LogP contribution in [0, 0.1) is 12.7 Å². The first kappa shape index (κ1) is 20.7. The first-order valence-corrected chi connectivity index (χ1v) is 10.4. The average molecular weight is 439 g/mol. The number of carbonyl (C=O) groups is 1. The molecule has 1 amide bonds. The lowest BCUT2D eigenvalue weighted by molar-refractivity contribution is -0.116. The summed E-state index contributed by atoms with van der Waals surface area (Å²) >= 11 is 1.29. The van der Waals surface area contributed by atoms with Crippen LogP contribution in [0.15, 0.2) is 62.7 Å². The summed E-state index contributed by atoms with van der Waals surface area (Å²) in [4.78, 5) is 16.2. The Morgan fingerprint density at radius 1 is 1.13 bits per heavy atom. The number of para-hydroxylation sites is 1. The maximum absolute atomic E-state index is 13.6. The van der Waals surface area contributed by atoms with Gasteiger partial charge in [-0.3, -0.25) is 4.79 Å². The van der Waals surface area contributed by atoms with E-state index in [9.17, 15) is 9.18 Å². The van der Waals surface area contributed by atoms with Crippen molar-refractivity contribution in [2.75, 3.05) is 5.32 Å². The zero-order valence-electron chi connectivity index (χ0n) is 16.5. The largest absolute Gasteiger partial charge is 0.411 e. The van der Waals surface area contributed by atoms with Gasteiger partial charge in [-0.2, -0.15) is 4.98 Å². The highest BCUT2D eigenvalue weighted by Gasteiger charge is 2.13. The average Bonchev–Trinajstić information content (AvgIpc) is 3.42. The van der Waals surface area contributed by atoms with Gasteiger partial charge in [-0.25, -0.2) is 4.39 Å². The van der Waals surface area contributed by atoms with E-state index in [4.69, 9.17) is 8.94 Å². The van der Waals surface area contributed by atoms with E-state index < -0.39 is 5.82 Å². The van der Waals surface area contributed by atoms with Gasteiger partial charge in [0.1, 0.15) is 5.82 Å². The van der Waals surface area contributed by atoms with Crippen LogP contribution in [0.3, 0.4) is 0 Å². The Morgan fingerprint density at radius 3 is 2.74 bits per heavy atom. The van der Waals surface area contributed by atoms with E-state index >= 15 is 0 Å². The number of nitrogens with one attached hydrogen (secondary N) is 1. The lowest BCUT2D eigenvalue weighted by Gasteiger charge is -2.04. The molecule has 4 aromatic rings. The first-order valence-electron chi connectivity index (χ1n) is 9.46. The van der Waals surface area contributed by atoms with E-state index in [2.05, 4.69) is 25.7 Å². The predicted octanol–water partition coefficient (Wildman–Crippen LogP) is 4.43. The van der Waals surface area contributed by atoms with Crippen molar-refractivity contribution in [3.8, 4) is 11.5 Å². The van der Waals surface area contributed by atoms with E-state index in [1.54, 1.807) is 12.1 Å². The summed E-state index contributed by atoms with van der Waals surface area (Å²) in [6, 6.07) is 13.8. The summed E-state index contributed by atoms with van der Waals surface area (Å²) in [6.07, 6.45) is 0.336. The zero-order valence-corrected chi connectivity index (χ0v) is 17.4. The number of nitrogens with zero attached hydrogens (tertiary/aromatic N) is 4. The Hall–Kier alpha value is -3.53. The second-order valence-electron chi connectivity index (χ2n) is 6.66. The SMILES string of the molecule is Cc1ccc(-c2nnc(SCc3noc(CCC(=O)Nc4ccccc4F)n3)o2)cc1. The molecule has 31 heavy (non-hydrogen) atoms. The highest BCUT2D eigenvalue weighted by Crippen LogP contribution is 2.25. The van der Waals surface area contributed by atoms with E-state index in [0.29, 0.717) is 28.6 Å². The highest BCUT2D eigenvalue weighted by atomic mass is 32.2. The van der Waals surface area contributed by atoms with Crippen molar-refractivity contribution in [2.24, 2.45) is 0 Å². The lowest BCUT2D eigenvalue weighted by atomic mass is 10.1. The number of halogens is 1. The van der Waals surface area contributed by atoms with E-state index in [1.807, 2.05) is 31.2 Å². The topological polar surface area (TPSA) is 107 Å². The molecule has 8 nitrogen and oxygen atoms in total. The van der Waals surface area contributed by atoms with E-state index in [-0.39, 0.29) is 24.4 Å². The Kier molecular flexibility index (Phi) is 6.37. The van der Waals surface area contributed by atoms with Gasteiger partial charge in [0.2, 0.25) is 17.7 Å². The molecule has 2 heterocycles. The molecule has 0 saturated heterocycles. The molecular weight excluding hydrogens is 421 g/mol. The Balaban J connectivity index is 1.26. The third kappa shape index (κ3) is 5.54. The number of benzene rings is 2. The molecule has 0 aliphatic heterocycles. The molecule has 0 fully saturated rings. The maximum atomic E-state index is 13.6. The van der Waals surface area contributed by atoms with Gasteiger partial charge in [-0.15, -0.1) is 10.2 Å². The maximum Gasteiger partial charge on any atom is 0.277 e. The number of aryl methyl sites for hydroxylation is 2. The zero-order chi connectivity index (χ0) is 21.6. The molecule has 4 rings (SSSR count). The molecule has 0 aliphatic rings. The molecule has 0 radical (unpaired) electrons. The van der Waals surface area contributed by atoms with Crippen molar-refractivity contribution in [1.82, 2.24) is 20.3 Å². The van der Waals surface area contributed by atoms with Crippen LogP contribution in [0.4, 0.5) is 10.1 Å². The van der Waals surface area contributed by atoms with Crippen LogP contribution in [-0.2, 0) is 17.0 Å². The van der Waals surface area contributed by atoms with Crippen LogP contribution in [0.1, 0.15) is 23.7 Å². The summed E-state index contributed by atoms with van der Waals surface area (Å²) in [5.74, 6) is 0.764. The highest BCUT2D eigenvalue weighted by molar-refractivity contribution is 7.98. The van der Waals surface area contributed by atoms with Gasteiger partial charge in [0, 0.05) is 18.4 Å². The van der Waals surface area contributed by atoms with Crippen molar-refractivity contribution in [3.63, 3.8) is 0 Å². The third-order valence-electron chi connectivity index (χ3n) is 4.25. The van der Waals surface area contributed by atoms with Gasteiger partial charge in [0.25, 0.3) is 5.22 Å². The van der Waals surface area contributed by atoms with Crippen LogP contribution in [0.2, 0.25) is 0 Å². The van der Waals surface area contributed by atoms with Crippen molar-refractivity contribution in [2.45, 2.75) is 30.7 Å². The first-order chi connectivity index (χ1) is 15.1. The fourth-order valence-corrected chi connectivity index (χ4v) is 3.26. The minimum absolute atomic E-state index is 0.0900. The van der Waals surface area contributed by atoms with Crippen molar-refractivity contribution >= 4 is 23.4 Å². The summed E-state index contributed by atoms with van der Waals surface area (Å²) in [5.41, 5.74) is 2.13. The fourth-order valence-electron chi connectivity index (χ4n) is 2.65. The molecule has 0 unspecified atom stereocenters. The van der Waals surface area contributed by atoms with Crippen LogP contribution >= 0.6 is 11.8 Å². The molecule has 0 bridgehead atoms. The van der Waals surface area contributed by atoms with Gasteiger partial charge in [-0.1, -0.05) is 46.7 Å². The van der Waals surface area contributed by atoms with Crippen LogP contribution in [0.25, 0.3) is 11.5 Å². The minimum atomic E-state index is -0.487. The smallest absolute Gasteiger partial charge is 0.277 e. The standard InChI is InChI=1S/C21H18FN5O3S/c1-13-6-8-14(9-7-13)20-25-26-21(29-20)31-12-17-24-19(30-27-17)11-10-18(28)23-16-5-3-2-4-15(16)22/h2-9H,10-12H2,1H3,(H,23,28). The summed E-state index contributed by atoms with van der Waals surface area (Å²) in [7, 11) is 0. The number of amides is 1. The molecule has 158 valence electrons. The Bertz CT molecular complexity index is 1180. The number of anilines is 1. The van der Waals surface area contributed by atoms with Gasteiger partial charge in [-0.05, 0) is 31.2 Å².